The van der Waals surface area contributed by atoms with Gasteiger partial charge in [-0.25, -0.2) is 0 Å². The molecule has 3 aliphatic rings. The quantitative estimate of drug-likeness (QED) is 0.626. The minimum atomic E-state index is -0.559. The summed E-state index contributed by atoms with van der Waals surface area (Å²) in [5, 5.41) is 0.807. The Morgan fingerprint density at radius 2 is 1.70 bits per heavy atom. The topological polar surface area (TPSA) is 84.9 Å². The van der Waals surface area contributed by atoms with Crippen LogP contribution in [0.15, 0.2) is 42.5 Å². The van der Waals surface area contributed by atoms with E-state index < -0.39 is 29.6 Å². The molecule has 0 aromatic heterocycles. The minimum Gasteiger partial charge on any atom is -0.484 e. The molecule has 0 radical (unpaired) electrons. The molecule has 3 heterocycles. The first-order chi connectivity index (χ1) is 11.1. The summed E-state index contributed by atoms with van der Waals surface area (Å²) in [6, 6.07) is 8.82. The molecule has 4 rings (SSSR count). The van der Waals surface area contributed by atoms with Crippen LogP contribution in [-0.2, 0) is 19.1 Å². The van der Waals surface area contributed by atoms with Crippen molar-refractivity contribution in [2.45, 2.75) is 12.2 Å². The zero-order valence-electron chi connectivity index (χ0n) is 12.0. The number of carbonyl (C=O) groups is 3. The normalized spacial score (nSPS) is 30.7. The maximum Gasteiger partial charge on any atom is 0.276 e. The van der Waals surface area contributed by atoms with Crippen LogP contribution in [-0.4, -0.2) is 41.5 Å². The van der Waals surface area contributed by atoms with Crippen molar-refractivity contribution in [2.75, 3.05) is 6.61 Å². The third kappa shape index (κ3) is 2.20. The lowest BCUT2D eigenvalue weighted by Crippen LogP contribution is -2.49. The SMILES string of the molecule is O=C(COc1ccccc1)NN1C(=O)C2C3C=CC(O3)C2C1=O. The van der Waals surface area contributed by atoms with Crippen LogP contribution in [0.5, 0.6) is 5.75 Å². The van der Waals surface area contributed by atoms with E-state index in [9.17, 15) is 14.4 Å². The number of benzene rings is 1. The van der Waals surface area contributed by atoms with Crippen molar-refractivity contribution in [3.8, 4) is 5.75 Å². The standard InChI is InChI=1S/C16H14N2O5/c19-12(8-22-9-4-2-1-3-5-9)17-18-15(20)13-10-6-7-11(23-10)14(13)16(18)21/h1-7,10-11,13-14H,8H2,(H,17,19). The monoisotopic (exact) mass is 314 g/mol. The van der Waals surface area contributed by atoms with Crippen molar-refractivity contribution in [1.82, 2.24) is 10.4 Å². The van der Waals surface area contributed by atoms with E-state index in [1.807, 2.05) is 6.07 Å². The molecule has 0 saturated carbocycles. The molecule has 4 atom stereocenters. The number of hydrazine groups is 1. The van der Waals surface area contributed by atoms with Gasteiger partial charge < -0.3 is 9.47 Å². The van der Waals surface area contributed by atoms with Crippen LogP contribution in [0.2, 0.25) is 0 Å². The number of hydrogen-bond donors (Lipinski definition) is 1. The van der Waals surface area contributed by atoms with Crippen molar-refractivity contribution in [2.24, 2.45) is 11.8 Å². The highest BCUT2D eigenvalue weighted by Crippen LogP contribution is 2.44. The Morgan fingerprint density at radius 1 is 1.09 bits per heavy atom. The minimum absolute atomic E-state index is 0.280. The van der Waals surface area contributed by atoms with Crippen molar-refractivity contribution in [1.29, 1.82) is 0 Å². The van der Waals surface area contributed by atoms with Crippen LogP contribution in [0, 0.1) is 11.8 Å². The highest BCUT2D eigenvalue weighted by Gasteiger charge is 2.61. The summed E-state index contributed by atoms with van der Waals surface area (Å²) < 4.78 is 10.8. The number of amides is 3. The van der Waals surface area contributed by atoms with Gasteiger partial charge in [-0.05, 0) is 12.1 Å². The average Bonchev–Trinajstić information content (AvgIpc) is 3.24. The largest absolute Gasteiger partial charge is 0.484 e. The molecule has 118 valence electrons. The van der Waals surface area contributed by atoms with Gasteiger partial charge in [0.1, 0.15) is 5.75 Å². The highest BCUT2D eigenvalue weighted by atomic mass is 16.5. The van der Waals surface area contributed by atoms with Crippen molar-refractivity contribution >= 4 is 17.7 Å². The fourth-order valence-corrected chi connectivity index (χ4v) is 3.24. The van der Waals surface area contributed by atoms with Crippen molar-refractivity contribution < 1.29 is 23.9 Å². The van der Waals surface area contributed by atoms with E-state index in [1.165, 1.54) is 0 Å². The van der Waals surface area contributed by atoms with E-state index in [4.69, 9.17) is 9.47 Å². The van der Waals surface area contributed by atoms with Crippen LogP contribution in [0.3, 0.4) is 0 Å². The Balaban J connectivity index is 1.39. The molecule has 2 bridgehead atoms. The molecule has 2 saturated heterocycles. The van der Waals surface area contributed by atoms with Crippen LogP contribution in [0.25, 0.3) is 0 Å². The first-order valence-electron chi connectivity index (χ1n) is 7.34. The predicted molar refractivity (Wildman–Crippen MR) is 76.7 cm³/mol. The summed E-state index contributed by atoms with van der Waals surface area (Å²) in [7, 11) is 0. The molecule has 2 fully saturated rings. The van der Waals surface area contributed by atoms with Gasteiger partial charge in [-0.1, -0.05) is 30.4 Å². The number of imide groups is 1. The van der Waals surface area contributed by atoms with Gasteiger partial charge in [0.25, 0.3) is 17.7 Å². The predicted octanol–water partition coefficient (Wildman–Crippen LogP) is 0.0350. The molecule has 1 aromatic rings. The van der Waals surface area contributed by atoms with Crippen LogP contribution in [0.4, 0.5) is 0 Å². The van der Waals surface area contributed by atoms with Gasteiger partial charge in [-0.2, -0.15) is 5.01 Å². The molecule has 23 heavy (non-hydrogen) atoms. The maximum absolute atomic E-state index is 12.3. The van der Waals surface area contributed by atoms with E-state index in [-0.39, 0.29) is 18.8 Å². The zero-order valence-corrected chi connectivity index (χ0v) is 12.0. The number of para-hydroxylation sites is 1. The molecule has 1 N–H and O–H groups in total. The second kappa shape index (κ2) is 5.20. The molecule has 3 aliphatic heterocycles. The molecule has 7 heteroatoms. The smallest absolute Gasteiger partial charge is 0.276 e. The van der Waals surface area contributed by atoms with Crippen LogP contribution < -0.4 is 10.2 Å². The van der Waals surface area contributed by atoms with E-state index in [0.29, 0.717) is 5.75 Å². The van der Waals surface area contributed by atoms with Crippen LogP contribution in [0.1, 0.15) is 0 Å². The van der Waals surface area contributed by atoms with E-state index in [1.54, 1.807) is 36.4 Å². The lowest BCUT2D eigenvalue weighted by atomic mass is 9.85. The third-order valence-electron chi connectivity index (χ3n) is 4.26. The van der Waals surface area contributed by atoms with Gasteiger partial charge in [-0.15, -0.1) is 0 Å². The number of rotatable bonds is 4. The average molecular weight is 314 g/mol. The molecule has 0 spiro atoms. The number of hydrogen-bond acceptors (Lipinski definition) is 5. The second-order valence-corrected chi connectivity index (χ2v) is 5.65. The van der Waals surface area contributed by atoms with Crippen molar-refractivity contribution in [3.63, 3.8) is 0 Å². The van der Waals surface area contributed by atoms with Gasteiger partial charge in [0.05, 0.1) is 24.0 Å². The molecular weight excluding hydrogens is 300 g/mol. The lowest BCUT2D eigenvalue weighted by molar-refractivity contribution is -0.151. The van der Waals surface area contributed by atoms with Gasteiger partial charge >= 0.3 is 0 Å². The fourth-order valence-electron chi connectivity index (χ4n) is 3.24. The molecular formula is C16H14N2O5. The second-order valence-electron chi connectivity index (χ2n) is 5.65. The Bertz CT molecular complexity index is 672. The molecule has 1 aromatic carbocycles. The third-order valence-corrected chi connectivity index (χ3v) is 4.26. The first-order valence-corrected chi connectivity index (χ1v) is 7.34. The Kier molecular flexibility index (Phi) is 3.16. The number of nitrogens with one attached hydrogen (secondary N) is 1. The van der Waals surface area contributed by atoms with Gasteiger partial charge in [0, 0.05) is 0 Å². The van der Waals surface area contributed by atoms with Gasteiger partial charge in [0.15, 0.2) is 6.61 Å². The Morgan fingerprint density at radius 3 is 2.30 bits per heavy atom. The highest BCUT2D eigenvalue weighted by molar-refractivity contribution is 6.07. The van der Waals surface area contributed by atoms with E-state index >= 15 is 0 Å². The summed E-state index contributed by atoms with van der Waals surface area (Å²) in [5.74, 6) is -1.94. The molecule has 0 aliphatic carbocycles. The first kappa shape index (κ1) is 14.0. The molecule has 7 nitrogen and oxygen atoms in total. The summed E-state index contributed by atoms with van der Waals surface area (Å²) in [6.45, 7) is -0.280. The summed E-state index contributed by atoms with van der Waals surface area (Å²) in [5.41, 5.74) is 2.33. The summed E-state index contributed by atoms with van der Waals surface area (Å²) in [6.07, 6.45) is 2.84. The van der Waals surface area contributed by atoms with E-state index in [2.05, 4.69) is 5.43 Å². The van der Waals surface area contributed by atoms with Crippen LogP contribution >= 0.6 is 0 Å². The summed E-state index contributed by atoms with van der Waals surface area (Å²) in [4.78, 5) is 36.6. The van der Waals surface area contributed by atoms with E-state index in [0.717, 1.165) is 5.01 Å². The van der Waals surface area contributed by atoms with Gasteiger partial charge in [0.2, 0.25) is 0 Å². The lowest BCUT2D eigenvalue weighted by Gasteiger charge is -2.18. The Hall–Kier alpha value is -2.67. The van der Waals surface area contributed by atoms with Gasteiger partial charge in [-0.3, -0.25) is 19.8 Å². The number of fused-ring (bicyclic) bond motifs is 5. The number of nitrogens with zero attached hydrogens (tertiary/aromatic N) is 1. The molecule has 4 unspecified atom stereocenters. The molecule has 3 amide bonds. The maximum atomic E-state index is 12.3. The van der Waals surface area contributed by atoms with Crippen molar-refractivity contribution in [3.05, 3.63) is 42.5 Å². The zero-order chi connectivity index (χ0) is 16.0. The number of ether oxygens (including phenoxy) is 2. The fraction of sp³-hybridized carbons (Fsp3) is 0.312. The number of carbonyl (C=O) groups excluding carboxylic acids is 3. The Labute approximate surface area is 131 Å². The summed E-state index contributed by atoms with van der Waals surface area (Å²) >= 11 is 0.